The van der Waals surface area contributed by atoms with E-state index in [1.54, 1.807) is 14.2 Å². The summed E-state index contributed by atoms with van der Waals surface area (Å²) in [4.78, 5) is 4.55. The van der Waals surface area contributed by atoms with E-state index in [-0.39, 0.29) is 0 Å². The molecule has 3 rings (SSSR count). The molecule has 5 heteroatoms. The molecule has 2 N–H and O–H groups in total. The minimum Gasteiger partial charge on any atom is -0.497 e. The summed E-state index contributed by atoms with van der Waals surface area (Å²) in [6, 6.07) is 7.88. The molecule has 1 aliphatic carbocycles. The van der Waals surface area contributed by atoms with Crippen LogP contribution in [-0.4, -0.2) is 19.2 Å². The second-order valence-electron chi connectivity index (χ2n) is 6.26. The van der Waals surface area contributed by atoms with Crippen LogP contribution < -0.4 is 15.2 Å². The van der Waals surface area contributed by atoms with Crippen LogP contribution in [0.25, 0.3) is 11.1 Å². The van der Waals surface area contributed by atoms with E-state index in [1.165, 1.54) is 12.8 Å². The molecule has 1 aromatic heterocycles. The Kier molecular flexibility index (Phi) is 5.08. The number of benzene rings is 1. The number of nitrogens with zero attached hydrogens (tertiary/aromatic N) is 2. The van der Waals surface area contributed by atoms with Gasteiger partial charge >= 0.3 is 0 Å². The van der Waals surface area contributed by atoms with Crippen LogP contribution in [-0.2, 0) is 12.8 Å². The Hall–Kier alpha value is -2.74. The molecule has 0 spiro atoms. The van der Waals surface area contributed by atoms with Crippen molar-refractivity contribution in [3.8, 4) is 28.7 Å². The fourth-order valence-corrected chi connectivity index (χ4v) is 3.54. The smallest absolute Gasteiger partial charge is 0.142 e. The summed E-state index contributed by atoms with van der Waals surface area (Å²) in [6.07, 6.45) is 6.37. The summed E-state index contributed by atoms with van der Waals surface area (Å²) in [6.45, 7) is 0. The molecule has 0 atom stereocenters. The average molecular weight is 337 g/mol. The highest BCUT2D eigenvalue weighted by atomic mass is 16.5. The van der Waals surface area contributed by atoms with E-state index in [0.29, 0.717) is 17.1 Å². The number of nitrogens with two attached hydrogens (primary N) is 1. The van der Waals surface area contributed by atoms with E-state index in [9.17, 15) is 5.26 Å². The van der Waals surface area contributed by atoms with Gasteiger partial charge in [0.15, 0.2) is 0 Å². The van der Waals surface area contributed by atoms with Crippen molar-refractivity contribution in [2.24, 2.45) is 0 Å². The Balaban J connectivity index is 2.32. The topological polar surface area (TPSA) is 81.2 Å². The van der Waals surface area contributed by atoms with Crippen LogP contribution in [0.2, 0.25) is 0 Å². The average Bonchev–Trinajstić information content (AvgIpc) is 2.61. The zero-order valence-corrected chi connectivity index (χ0v) is 14.8. The first-order valence-corrected chi connectivity index (χ1v) is 8.63. The quantitative estimate of drug-likeness (QED) is 0.919. The van der Waals surface area contributed by atoms with Crippen molar-refractivity contribution in [3.63, 3.8) is 0 Å². The number of aryl methyl sites for hydroxylation is 1. The molecule has 5 nitrogen and oxygen atoms in total. The van der Waals surface area contributed by atoms with Gasteiger partial charge in [0.2, 0.25) is 0 Å². The van der Waals surface area contributed by atoms with Crippen molar-refractivity contribution in [2.75, 3.05) is 20.0 Å². The van der Waals surface area contributed by atoms with Crippen LogP contribution in [0.5, 0.6) is 11.5 Å². The van der Waals surface area contributed by atoms with Gasteiger partial charge in [-0.2, -0.15) is 5.26 Å². The predicted molar refractivity (Wildman–Crippen MR) is 97.8 cm³/mol. The number of nitriles is 1. The van der Waals surface area contributed by atoms with Crippen LogP contribution in [0.3, 0.4) is 0 Å². The maximum atomic E-state index is 9.74. The molecule has 0 unspecified atom stereocenters. The second kappa shape index (κ2) is 7.43. The molecule has 130 valence electrons. The molecule has 0 saturated heterocycles. The number of nitrogen functional groups attached to an aromatic ring is 1. The molecule has 2 aromatic rings. The molecule has 0 radical (unpaired) electrons. The lowest BCUT2D eigenvalue weighted by molar-refractivity contribution is 0.404. The van der Waals surface area contributed by atoms with Crippen molar-refractivity contribution in [1.82, 2.24) is 4.98 Å². The Morgan fingerprint density at radius 3 is 2.52 bits per heavy atom. The van der Waals surface area contributed by atoms with Crippen molar-refractivity contribution < 1.29 is 9.47 Å². The zero-order valence-electron chi connectivity index (χ0n) is 14.8. The van der Waals surface area contributed by atoms with Gasteiger partial charge in [0.1, 0.15) is 28.9 Å². The maximum absolute atomic E-state index is 9.74. The lowest BCUT2D eigenvalue weighted by Gasteiger charge is -2.21. The first kappa shape index (κ1) is 17.1. The normalized spacial score (nSPS) is 14.0. The fourth-order valence-electron chi connectivity index (χ4n) is 3.54. The second-order valence-corrected chi connectivity index (χ2v) is 6.26. The van der Waals surface area contributed by atoms with Gasteiger partial charge in [0.05, 0.1) is 14.2 Å². The zero-order chi connectivity index (χ0) is 17.8. The third-order valence-corrected chi connectivity index (χ3v) is 4.79. The molecular weight excluding hydrogens is 314 g/mol. The van der Waals surface area contributed by atoms with Gasteiger partial charge in [-0.1, -0.05) is 12.8 Å². The van der Waals surface area contributed by atoms with E-state index in [2.05, 4.69) is 11.1 Å². The van der Waals surface area contributed by atoms with E-state index in [1.807, 2.05) is 18.2 Å². The molecule has 25 heavy (non-hydrogen) atoms. The Morgan fingerprint density at radius 1 is 1.08 bits per heavy atom. The molecule has 1 aliphatic rings. The van der Waals surface area contributed by atoms with Gasteiger partial charge in [0.25, 0.3) is 0 Å². The maximum Gasteiger partial charge on any atom is 0.142 e. The van der Waals surface area contributed by atoms with Crippen LogP contribution >= 0.6 is 0 Å². The standard InChI is InChI=1S/C20H23N3O2/c1-24-13-9-10-18(25-2)15(11-13)19-14-7-5-3-4-6-8-17(14)23-20(22)16(19)12-21/h9-11H,3-8H2,1-2H3,(H2,22,23). The number of anilines is 1. The summed E-state index contributed by atoms with van der Waals surface area (Å²) in [7, 11) is 3.26. The number of rotatable bonds is 3. The molecular formula is C20H23N3O2. The fraction of sp³-hybridized carbons (Fsp3) is 0.400. The largest absolute Gasteiger partial charge is 0.497 e. The van der Waals surface area contributed by atoms with Crippen molar-refractivity contribution in [1.29, 1.82) is 5.26 Å². The number of fused-ring (bicyclic) bond motifs is 1. The number of aromatic nitrogens is 1. The van der Waals surface area contributed by atoms with E-state index in [0.717, 1.165) is 53.8 Å². The Bertz CT molecular complexity index is 825. The van der Waals surface area contributed by atoms with Crippen LogP contribution in [0, 0.1) is 11.3 Å². The summed E-state index contributed by atoms with van der Waals surface area (Å²) in [5.41, 5.74) is 10.4. The lowest BCUT2D eigenvalue weighted by Crippen LogP contribution is -2.10. The van der Waals surface area contributed by atoms with Gasteiger partial charge in [0, 0.05) is 16.8 Å². The van der Waals surface area contributed by atoms with Gasteiger partial charge in [-0.25, -0.2) is 4.98 Å². The van der Waals surface area contributed by atoms with Gasteiger partial charge in [-0.3, -0.25) is 0 Å². The van der Waals surface area contributed by atoms with Crippen LogP contribution in [0.1, 0.15) is 42.5 Å². The molecule has 0 aliphatic heterocycles. The molecule has 0 amide bonds. The van der Waals surface area contributed by atoms with Crippen molar-refractivity contribution >= 4 is 5.82 Å². The number of methoxy groups -OCH3 is 2. The number of ether oxygens (including phenoxy) is 2. The number of pyridine rings is 1. The highest BCUT2D eigenvalue weighted by Crippen LogP contribution is 2.41. The van der Waals surface area contributed by atoms with E-state index in [4.69, 9.17) is 15.2 Å². The minimum atomic E-state index is 0.293. The summed E-state index contributed by atoms with van der Waals surface area (Å²) >= 11 is 0. The van der Waals surface area contributed by atoms with Crippen molar-refractivity contribution in [2.45, 2.75) is 38.5 Å². The monoisotopic (exact) mass is 337 g/mol. The summed E-state index contributed by atoms with van der Waals surface area (Å²) in [5.74, 6) is 1.71. The Labute approximate surface area is 148 Å². The SMILES string of the molecule is COc1ccc(OC)c(-c2c(C#N)c(N)nc3c2CCCCCC3)c1. The van der Waals surface area contributed by atoms with Gasteiger partial charge < -0.3 is 15.2 Å². The third-order valence-electron chi connectivity index (χ3n) is 4.79. The molecule has 1 aromatic carbocycles. The number of hydrogen-bond acceptors (Lipinski definition) is 5. The predicted octanol–water partition coefficient (Wildman–Crippen LogP) is 3.88. The third kappa shape index (κ3) is 3.25. The van der Waals surface area contributed by atoms with Crippen LogP contribution in [0.15, 0.2) is 18.2 Å². The van der Waals surface area contributed by atoms with Crippen molar-refractivity contribution in [3.05, 3.63) is 35.0 Å². The van der Waals surface area contributed by atoms with E-state index >= 15 is 0 Å². The number of hydrogen-bond donors (Lipinski definition) is 1. The van der Waals surface area contributed by atoms with Gasteiger partial charge in [-0.15, -0.1) is 0 Å². The lowest BCUT2D eigenvalue weighted by atomic mass is 9.87. The summed E-state index contributed by atoms with van der Waals surface area (Å²) in [5, 5.41) is 9.74. The van der Waals surface area contributed by atoms with E-state index < -0.39 is 0 Å². The first-order chi connectivity index (χ1) is 12.2. The minimum absolute atomic E-state index is 0.293. The molecule has 1 heterocycles. The van der Waals surface area contributed by atoms with Crippen LogP contribution in [0.4, 0.5) is 5.82 Å². The molecule has 0 saturated carbocycles. The Morgan fingerprint density at radius 2 is 1.84 bits per heavy atom. The molecule has 0 fully saturated rings. The van der Waals surface area contributed by atoms with Gasteiger partial charge in [-0.05, 0) is 49.4 Å². The summed E-state index contributed by atoms with van der Waals surface area (Å²) < 4.78 is 10.9. The highest BCUT2D eigenvalue weighted by molar-refractivity contribution is 5.83. The highest BCUT2D eigenvalue weighted by Gasteiger charge is 2.23. The molecule has 0 bridgehead atoms. The first-order valence-electron chi connectivity index (χ1n) is 8.63.